The molecule has 0 radical (unpaired) electrons. The highest BCUT2D eigenvalue weighted by molar-refractivity contribution is 7.10. The summed E-state index contributed by atoms with van der Waals surface area (Å²) in [7, 11) is 1.59. The van der Waals surface area contributed by atoms with Gasteiger partial charge in [-0.1, -0.05) is 0 Å². The molecule has 1 aromatic heterocycles. The minimum atomic E-state index is -0.280. The highest BCUT2D eigenvalue weighted by Gasteiger charge is 2.10. The molecule has 2 rings (SSSR count). The van der Waals surface area contributed by atoms with Crippen LogP contribution in [0.2, 0.25) is 0 Å². The Kier molecular flexibility index (Phi) is 3.60. The van der Waals surface area contributed by atoms with E-state index in [9.17, 15) is 4.79 Å². The van der Waals surface area contributed by atoms with Gasteiger partial charge in [0.15, 0.2) is 5.01 Å². The molecule has 0 aliphatic rings. The monoisotopic (exact) mass is 258 g/mol. The molecule has 0 saturated carbocycles. The molecule has 1 aromatic carbocycles. The van der Waals surface area contributed by atoms with E-state index in [0.29, 0.717) is 16.4 Å². The van der Waals surface area contributed by atoms with Crippen molar-refractivity contribution >= 4 is 22.9 Å². The second-order valence-corrected chi connectivity index (χ2v) is 4.22. The van der Waals surface area contributed by atoms with Gasteiger partial charge >= 0.3 is 0 Å². The summed E-state index contributed by atoms with van der Waals surface area (Å²) in [5.74, 6) is 2.84. The first-order chi connectivity index (χ1) is 8.72. The molecule has 5 heteroatoms. The van der Waals surface area contributed by atoms with E-state index in [1.165, 1.54) is 11.3 Å². The summed E-state index contributed by atoms with van der Waals surface area (Å²) in [4.78, 5) is 15.8. The van der Waals surface area contributed by atoms with E-state index in [0.717, 1.165) is 5.75 Å². The molecule has 1 amide bonds. The second kappa shape index (κ2) is 5.34. The molecule has 0 aliphatic carbocycles. The van der Waals surface area contributed by atoms with Gasteiger partial charge < -0.3 is 10.1 Å². The van der Waals surface area contributed by atoms with Gasteiger partial charge in [0.2, 0.25) is 0 Å². The molecule has 0 unspecified atom stereocenters. The Morgan fingerprint density at radius 2 is 2.17 bits per heavy atom. The summed E-state index contributed by atoms with van der Waals surface area (Å²) >= 11 is 1.27. The fourth-order valence-electron chi connectivity index (χ4n) is 1.31. The fourth-order valence-corrected chi connectivity index (χ4v) is 1.92. The number of carbonyl (C=O) groups is 1. The van der Waals surface area contributed by atoms with Gasteiger partial charge in [0.05, 0.1) is 7.11 Å². The zero-order chi connectivity index (χ0) is 13.0. The Morgan fingerprint density at radius 3 is 2.72 bits per heavy atom. The highest BCUT2D eigenvalue weighted by Crippen LogP contribution is 2.16. The normalized spacial score (nSPS) is 9.56. The quantitative estimate of drug-likeness (QED) is 0.860. The van der Waals surface area contributed by atoms with Crippen LogP contribution < -0.4 is 10.1 Å². The Balaban J connectivity index is 2.08. The highest BCUT2D eigenvalue weighted by atomic mass is 32.1. The smallest absolute Gasteiger partial charge is 0.275 e. The van der Waals surface area contributed by atoms with Crippen LogP contribution in [0.1, 0.15) is 15.5 Å². The molecule has 0 saturated heterocycles. The maximum absolute atomic E-state index is 11.8. The minimum absolute atomic E-state index is 0.280. The second-order valence-electron chi connectivity index (χ2n) is 3.36. The summed E-state index contributed by atoms with van der Waals surface area (Å²) in [6.07, 6.45) is 5.20. The molecule has 1 N–H and O–H groups in total. The van der Waals surface area contributed by atoms with Crippen molar-refractivity contribution in [3.05, 3.63) is 40.3 Å². The predicted octanol–water partition coefficient (Wildman–Crippen LogP) is 2.39. The van der Waals surface area contributed by atoms with E-state index < -0.39 is 0 Å². The van der Waals surface area contributed by atoms with Crippen molar-refractivity contribution < 1.29 is 9.53 Å². The third-order valence-corrected chi connectivity index (χ3v) is 2.98. The summed E-state index contributed by atoms with van der Waals surface area (Å²) in [5.41, 5.74) is 1.000. The first-order valence-corrected chi connectivity index (χ1v) is 5.98. The number of anilines is 1. The fraction of sp³-hybridized carbons (Fsp3) is 0.0769. The average Bonchev–Trinajstić information content (AvgIpc) is 2.88. The standard InChI is InChI=1S/C13H10N2O2S/c1-3-12-15-11(8-18-12)13(16)14-9-4-6-10(17-2)7-5-9/h1,4-8H,2H3,(H,14,16). The van der Waals surface area contributed by atoms with Gasteiger partial charge in [-0.15, -0.1) is 17.8 Å². The van der Waals surface area contributed by atoms with E-state index in [1.807, 2.05) is 0 Å². The van der Waals surface area contributed by atoms with E-state index in [4.69, 9.17) is 11.2 Å². The zero-order valence-corrected chi connectivity index (χ0v) is 10.5. The third kappa shape index (κ3) is 2.67. The van der Waals surface area contributed by atoms with Crippen LogP contribution in [0.25, 0.3) is 0 Å². The summed E-state index contributed by atoms with van der Waals surface area (Å²) in [6, 6.07) is 7.05. The summed E-state index contributed by atoms with van der Waals surface area (Å²) < 4.78 is 5.03. The van der Waals surface area contributed by atoms with Crippen molar-refractivity contribution in [2.24, 2.45) is 0 Å². The SMILES string of the molecule is C#Cc1nc(C(=O)Nc2ccc(OC)cc2)cs1. The maximum Gasteiger partial charge on any atom is 0.275 e. The van der Waals surface area contributed by atoms with E-state index in [-0.39, 0.29) is 5.91 Å². The summed E-state index contributed by atoms with van der Waals surface area (Å²) in [5, 5.41) is 4.86. The van der Waals surface area contributed by atoms with Crippen molar-refractivity contribution in [1.29, 1.82) is 0 Å². The van der Waals surface area contributed by atoms with Crippen molar-refractivity contribution in [3.63, 3.8) is 0 Å². The molecule has 0 bridgehead atoms. The van der Waals surface area contributed by atoms with E-state index in [1.54, 1.807) is 36.8 Å². The van der Waals surface area contributed by atoms with Crippen LogP contribution in [0.4, 0.5) is 5.69 Å². The lowest BCUT2D eigenvalue weighted by Gasteiger charge is -2.04. The van der Waals surface area contributed by atoms with Gasteiger partial charge in [0.1, 0.15) is 11.4 Å². The van der Waals surface area contributed by atoms with Crippen LogP contribution in [-0.2, 0) is 0 Å². The first-order valence-electron chi connectivity index (χ1n) is 5.10. The maximum atomic E-state index is 11.8. The minimum Gasteiger partial charge on any atom is -0.497 e. The number of thiazole rings is 1. The number of hydrogen-bond acceptors (Lipinski definition) is 4. The number of methoxy groups -OCH3 is 1. The number of nitrogens with one attached hydrogen (secondary N) is 1. The Morgan fingerprint density at radius 1 is 1.44 bits per heavy atom. The van der Waals surface area contributed by atoms with E-state index in [2.05, 4.69) is 16.2 Å². The summed E-state index contributed by atoms with van der Waals surface area (Å²) in [6.45, 7) is 0. The molecule has 0 fully saturated rings. The average molecular weight is 258 g/mol. The molecule has 0 atom stereocenters. The number of ether oxygens (including phenoxy) is 1. The molecule has 0 aliphatic heterocycles. The number of nitrogens with zero attached hydrogens (tertiary/aromatic N) is 1. The molecular formula is C13H10N2O2S. The van der Waals surface area contributed by atoms with Gasteiger partial charge in [-0.3, -0.25) is 4.79 Å². The van der Waals surface area contributed by atoms with Gasteiger partial charge in [-0.25, -0.2) is 4.98 Å². The zero-order valence-electron chi connectivity index (χ0n) is 9.64. The Bertz CT molecular complexity index is 596. The van der Waals surface area contributed by atoms with Gasteiger partial charge in [0.25, 0.3) is 5.91 Å². The largest absolute Gasteiger partial charge is 0.497 e. The number of carbonyl (C=O) groups excluding carboxylic acids is 1. The molecule has 90 valence electrons. The van der Waals surface area contributed by atoms with Gasteiger partial charge in [-0.2, -0.15) is 0 Å². The van der Waals surface area contributed by atoms with Gasteiger partial charge in [-0.05, 0) is 30.2 Å². The van der Waals surface area contributed by atoms with Crippen LogP contribution >= 0.6 is 11.3 Å². The lowest BCUT2D eigenvalue weighted by molar-refractivity contribution is 0.102. The van der Waals surface area contributed by atoms with Crippen LogP contribution in [0.15, 0.2) is 29.6 Å². The van der Waals surface area contributed by atoms with Crippen LogP contribution in [0, 0.1) is 12.3 Å². The Hall–Kier alpha value is -2.32. The number of rotatable bonds is 3. The first kappa shape index (κ1) is 12.1. The molecule has 0 spiro atoms. The molecular weight excluding hydrogens is 248 g/mol. The molecule has 2 aromatic rings. The number of aromatic nitrogens is 1. The number of terminal acetylenes is 1. The van der Waals surface area contributed by atoms with Crippen LogP contribution in [0.3, 0.4) is 0 Å². The number of amides is 1. The molecule has 4 nitrogen and oxygen atoms in total. The lowest BCUT2D eigenvalue weighted by atomic mass is 10.3. The third-order valence-electron chi connectivity index (χ3n) is 2.21. The lowest BCUT2D eigenvalue weighted by Crippen LogP contribution is -2.12. The predicted molar refractivity (Wildman–Crippen MR) is 71.0 cm³/mol. The molecule has 18 heavy (non-hydrogen) atoms. The topological polar surface area (TPSA) is 51.2 Å². The van der Waals surface area contributed by atoms with Crippen molar-refractivity contribution in [2.45, 2.75) is 0 Å². The number of hydrogen-bond donors (Lipinski definition) is 1. The van der Waals surface area contributed by atoms with E-state index >= 15 is 0 Å². The van der Waals surface area contributed by atoms with Crippen LogP contribution in [-0.4, -0.2) is 18.0 Å². The van der Waals surface area contributed by atoms with Crippen molar-refractivity contribution in [1.82, 2.24) is 4.98 Å². The van der Waals surface area contributed by atoms with Gasteiger partial charge in [0, 0.05) is 11.1 Å². The van der Waals surface area contributed by atoms with Crippen molar-refractivity contribution in [3.8, 4) is 18.1 Å². The van der Waals surface area contributed by atoms with Crippen LogP contribution in [0.5, 0.6) is 5.75 Å². The Labute approximate surface area is 109 Å². The number of benzene rings is 1. The molecule has 1 heterocycles. The van der Waals surface area contributed by atoms with Crippen molar-refractivity contribution in [2.75, 3.05) is 12.4 Å².